The van der Waals surface area contributed by atoms with E-state index in [1.807, 2.05) is 12.2 Å². The number of esters is 1. The molecule has 182 valence electrons. The summed E-state index contributed by atoms with van der Waals surface area (Å²) in [4.78, 5) is 34.0. The highest BCUT2D eigenvalue weighted by Crippen LogP contribution is 2.50. The van der Waals surface area contributed by atoms with Crippen LogP contribution in [0.4, 0.5) is 0 Å². The Morgan fingerprint density at radius 3 is 2.36 bits per heavy atom. The Bertz CT molecular complexity index is 792. The monoisotopic (exact) mass is 461 g/mol. The predicted molar refractivity (Wildman–Crippen MR) is 124 cm³/mol. The van der Waals surface area contributed by atoms with E-state index < -0.39 is 11.9 Å². The van der Waals surface area contributed by atoms with Gasteiger partial charge in [0.15, 0.2) is 0 Å². The highest BCUT2D eigenvalue weighted by Gasteiger charge is 2.62. The summed E-state index contributed by atoms with van der Waals surface area (Å²) in [6.07, 6.45) is 11.2. The molecule has 5 atom stereocenters. The molecule has 8 heteroatoms. The first kappa shape index (κ1) is 26.5. The number of epoxide rings is 1. The molecule has 2 aliphatic heterocycles. The second-order valence-electron chi connectivity index (χ2n) is 8.96. The molecule has 33 heavy (non-hydrogen) atoms. The summed E-state index contributed by atoms with van der Waals surface area (Å²) in [6.45, 7) is 14.2. The number of hydrogen-bond acceptors (Lipinski definition) is 6. The molecule has 0 aromatic rings. The Kier molecular flexibility index (Phi) is 9.61. The van der Waals surface area contributed by atoms with Crippen LogP contribution in [0.15, 0.2) is 49.1 Å². The van der Waals surface area contributed by atoms with Gasteiger partial charge in [-0.15, -0.1) is 13.2 Å². The Morgan fingerprint density at radius 1 is 1.21 bits per heavy atom. The first-order chi connectivity index (χ1) is 15.6. The molecule has 1 aliphatic carbocycles. The van der Waals surface area contributed by atoms with Crippen LogP contribution in [0.2, 0.25) is 0 Å². The van der Waals surface area contributed by atoms with E-state index in [0.29, 0.717) is 18.7 Å². The van der Waals surface area contributed by atoms with Crippen LogP contribution in [-0.2, 0) is 23.9 Å². The zero-order valence-electron chi connectivity index (χ0n) is 19.4. The maximum atomic E-state index is 12.7. The van der Waals surface area contributed by atoms with E-state index in [2.05, 4.69) is 38.0 Å². The van der Waals surface area contributed by atoms with Gasteiger partial charge in [-0.1, -0.05) is 23.8 Å². The zero-order chi connectivity index (χ0) is 24.6. The second-order valence-corrected chi connectivity index (χ2v) is 8.96. The summed E-state index contributed by atoms with van der Waals surface area (Å²) in [5.41, 5.74) is 1.28. The van der Waals surface area contributed by atoms with Gasteiger partial charge in [-0.05, 0) is 39.5 Å². The fraction of sp³-hybridized carbons (Fsp3) is 0.560. The van der Waals surface area contributed by atoms with Crippen molar-refractivity contribution in [2.75, 3.05) is 19.6 Å². The third-order valence-corrected chi connectivity index (χ3v) is 6.34. The van der Waals surface area contributed by atoms with E-state index >= 15 is 0 Å². The number of carboxylic acid groups (broad SMARTS) is 2. The maximum absolute atomic E-state index is 12.7. The minimum atomic E-state index is -1.26. The minimum Gasteiger partial charge on any atom is -0.478 e. The van der Waals surface area contributed by atoms with E-state index in [1.54, 1.807) is 0 Å². The van der Waals surface area contributed by atoms with Crippen LogP contribution in [0.5, 0.6) is 0 Å². The minimum absolute atomic E-state index is 0.0607. The lowest BCUT2D eigenvalue weighted by atomic mass is 9.80. The van der Waals surface area contributed by atoms with Gasteiger partial charge in [-0.3, -0.25) is 9.69 Å². The molecule has 0 aromatic heterocycles. The van der Waals surface area contributed by atoms with Gasteiger partial charge in [0.25, 0.3) is 0 Å². The van der Waals surface area contributed by atoms with Gasteiger partial charge >= 0.3 is 17.9 Å². The third-order valence-electron chi connectivity index (χ3n) is 6.34. The number of ether oxygens (including phenoxy) is 2. The van der Waals surface area contributed by atoms with Crippen molar-refractivity contribution in [3.05, 3.63) is 49.1 Å². The molecule has 0 amide bonds. The summed E-state index contributed by atoms with van der Waals surface area (Å²) in [7, 11) is 0. The SMILES string of the molecule is C=CCN(CC=C)C[C@@H]1C(=O)O[C@H]2[C@H]1CC/C(C)=C\CC[C@@]1(C)O[C@@H]21.O=C(O)/C=C/C(=O)O. The summed E-state index contributed by atoms with van der Waals surface area (Å²) in [6, 6.07) is 0. The van der Waals surface area contributed by atoms with Crippen molar-refractivity contribution in [2.45, 2.75) is 57.3 Å². The molecule has 0 radical (unpaired) electrons. The molecule has 2 saturated heterocycles. The molecule has 2 fully saturated rings. The molecular weight excluding hydrogens is 426 g/mol. The molecule has 0 unspecified atom stereocenters. The molecule has 3 aliphatic rings. The number of aliphatic carboxylic acids is 2. The summed E-state index contributed by atoms with van der Waals surface area (Å²) in [5.74, 6) is -2.45. The molecule has 0 bridgehead atoms. The van der Waals surface area contributed by atoms with Crippen LogP contribution in [0.25, 0.3) is 0 Å². The lowest BCUT2D eigenvalue weighted by molar-refractivity contribution is -0.145. The Morgan fingerprint density at radius 2 is 1.82 bits per heavy atom. The fourth-order valence-corrected chi connectivity index (χ4v) is 4.56. The van der Waals surface area contributed by atoms with Crippen LogP contribution >= 0.6 is 0 Å². The average Bonchev–Trinajstić information content (AvgIpc) is 3.31. The molecule has 0 saturated carbocycles. The van der Waals surface area contributed by atoms with Crippen molar-refractivity contribution in [3.8, 4) is 0 Å². The highest BCUT2D eigenvalue weighted by molar-refractivity contribution is 5.89. The quantitative estimate of drug-likeness (QED) is 0.245. The summed E-state index contributed by atoms with van der Waals surface area (Å²) >= 11 is 0. The number of carbonyl (C=O) groups is 3. The maximum Gasteiger partial charge on any atom is 0.328 e. The number of rotatable bonds is 8. The Labute approximate surface area is 195 Å². The van der Waals surface area contributed by atoms with Gasteiger partial charge in [0.2, 0.25) is 0 Å². The molecule has 2 heterocycles. The first-order valence-corrected chi connectivity index (χ1v) is 11.2. The van der Waals surface area contributed by atoms with E-state index in [0.717, 1.165) is 38.8 Å². The number of allylic oxidation sites excluding steroid dienone is 2. The van der Waals surface area contributed by atoms with Crippen LogP contribution in [0, 0.1) is 11.8 Å². The van der Waals surface area contributed by atoms with E-state index in [4.69, 9.17) is 19.7 Å². The van der Waals surface area contributed by atoms with Crippen molar-refractivity contribution in [2.24, 2.45) is 11.8 Å². The first-order valence-electron chi connectivity index (χ1n) is 11.2. The van der Waals surface area contributed by atoms with E-state index in [9.17, 15) is 14.4 Å². The summed E-state index contributed by atoms with van der Waals surface area (Å²) < 4.78 is 11.9. The molecule has 0 aromatic carbocycles. The number of hydrogen-bond donors (Lipinski definition) is 2. The lowest BCUT2D eigenvalue weighted by Gasteiger charge is -2.26. The van der Waals surface area contributed by atoms with E-state index in [-0.39, 0.29) is 35.6 Å². The van der Waals surface area contributed by atoms with E-state index in [1.165, 1.54) is 5.57 Å². The van der Waals surface area contributed by atoms with Gasteiger partial charge in [0.05, 0.1) is 11.5 Å². The van der Waals surface area contributed by atoms with Crippen LogP contribution in [0.1, 0.15) is 39.5 Å². The molecule has 0 spiro atoms. The van der Waals surface area contributed by atoms with Crippen molar-refractivity contribution < 1.29 is 34.1 Å². The van der Waals surface area contributed by atoms with Crippen molar-refractivity contribution >= 4 is 17.9 Å². The molecule has 3 rings (SSSR count). The largest absolute Gasteiger partial charge is 0.478 e. The van der Waals surface area contributed by atoms with Crippen LogP contribution in [0.3, 0.4) is 0 Å². The summed E-state index contributed by atoms with van der Waals surface area (Å²) in [5, 5.41) is 15.6. The van der Waals surface area contributed by atoms with Gasteiger partial charge in [-0.25, -0.2) is 9.59 Å². The highest BCUT2D eigenvalue weighted by atomic mass is 16.6. The van der Waals surface area contributed by atoms with Crippen molar-refractivity contribution in [1.82, 2.24) is 4.90 Å². The topological polar surface area (TPSA) is 117 Å². The normalized spacial score (nSPS) is 32.3. The predicted octanol–water partition coefficient (Wildman–Crippen LogP) is 3.21. The van der Waals surface area contributed by atoms with Gasteiger partial charge in [-0.2, -0.15) is 0 Å². The standard InChI is InChI=1S/C21H31NO3.C4H4O4/c1-5-12-22(13-6-2)14-17-16-10-9-15(3)8-7-11-21(4)19(25-21)18(16)24-20(17)23;5-3(6)1-2-4(7)8/h5-6,8,16-19H,1-2,7,9-14H2,3-4H3;1-2H,(H,5,6)(H,7,8)/b15-8-;2-1+/t16-,17-,18-,19-,21+;/m0./s1. The van der Waals surface area contributed by atoms with Gasteiger partial charge in [0, 0.05) is 37.7 Å². The number of carboxylic acids is 2. The fourth-order valence-electron chi connectivity index (χ4n) is 4.56. The van der Waals surface area contributed by atoms with Crippen LogP contribution < -0.4 is 0 Å². The Hall–Kier alpha value is -2.71. The number of fused-ring (bicyclic) bond motifs is 3. The number of carbonyl (C=O) groups excluding carboxylic acids is 1. The molecular formula is C25H35NO7. The lowest BCUT2D eigenvalue weighted by Crippen LogP contribution is -2.37. The van der Waals surface area contributed by atoms with Gasteiger partial charge < -0.3 is 19.7 Å². The third kappa shape index (κ3) is 7.68. The number of nitrogens with zero attached hydrogens (tertiary/aromatic N) is 1. The van der Waals surface area contributed by atoms with Gasteiger partial charge in [0.1, 0.15) is 12.2 Å². The van der Waals surface area contributed by atoms with Crippen LogP contribution in [-0.4, -0.2) is 70.5 Å². The van der Waals surface area contributed by atoms with Crippen molar-refractivity contribution in [3.63, 3.8) is 0 Å². The molecule has 2 N–H and O–H groups in total. The zero-order valence-corrected chi connectivity index (χ0v) is 19.4. The average molecular weight is 462 g/mol. The van der Waals surface area contributed by atoms with Crippen molar-refractivity contribution in [1.29, 1.82) is 0 Å². The Balaban J connectivity index is 0.000000414. The smallest absolute Gasteiger partial charge is 0.328 e. The molecule has 8 nitrogen and oxygen atoms in total. The second kappa shape index (κ2) is 12.0.